The predicted octanol–water partition coefficient (Wildman–Crippen LogP) is 7.43. The van der Waals surface area contributed by atoms with Crippen molar-refractivity contribution in [2.45, 2.75) is 183 Å². The minimum absolute atomic E-state index is 0.104. The van der Waals surface area contributed by atoms with Crippen molar-refractivity contribution in [3.8, 4) is 0 Å². The van der Waals surface area contributed by atoms with Crippen molar-refractivity contribution in [1.82, 2.24) is 0 Å². The third-order valence-corrected chi connectivity index (χ3v) is 11.1. The molecule has 1 atom stereocenters. The van der Waals surface area contributed by atoms with E-state index >= 15 is 0 Å². The van der Waals surface area contributed by atoms with Crippen LogP contribution in [0.15, 0.2) is 0 Å². The molecule has 5 nitrogen and oxygen atoms in total. The van der Waals surface area contributed by atoms with Crippen LogP contribution in [0.4, 0.5) is 0 Å². The Bertz CT molecular complexity index is 504. The topological polar surface area (TPSA) is 89.5 Å². The second kappa shape index (κ2) is 31.2. The summed E-state index contributed by atoms with van der Waals surface area (Å²) in [6.45, 7) is 9.13. The first-order valence-corrected chi connectivity index (χ1v) is 20.2. The van der Waals surface area contributed by atoms with E-state index in [4.69, 9.17) is 4.74 Å². The summed E-state index contributed by atoms with van der Waals surface area (Å²) in [6, 6.07) is 0. The number of hydrogen-bond acceptors (Lipinski definition) is 5. The summed E-state index contributed by atoms with van der Waals surface area (Å²) in [7, 11) is 0. The van der Waals surface area contributed by atoms with E-state index in [2.05, 4.69) is 27.7 Å². The van der Waals surface area contributed by atoms with Gasteiger partial charge in [-0.05, 0) is 12.8 Å². The van der Waals surface area contributed by atoms with E-state index in [1.54, 1.807) is 21.7 Å². The number of rotatable bonds is 28. The zero-order chi connectivity index (χ0) is 28.7. The molecule has 0 aromatic rings. The normalized spacial score (nSPS) is 12.3. The van der Waals surface area contributed by atoms with Crippen LogP contribution in [-0.4, -0.2) is 45.3 Å². The third-order valence-electron chi connectivity index (χ3n) is 7.03. The van der Waals surface area contributed by atoms with Gasteiger partial charge in [0.1, 0.15) is 5.60 Å². The van der Waals surface area contributed by atoms with Crippen LogP contribution in [0.2, 0.25) is 8.87 Å². The van der Waals surface area contributed by atoms with Crippen LogP contribution in [0, 0.1) is 0 Å². The predicted molar refractivity (Wildman–Crippen MR) is 158 cm³/mol. The SMILES string of the molecule is CCCCCCCCOC(CCCCCCCC)(CC(=O)[O-])C(=O)[O-].CCCCC[CH2][Sn+2][CH2]CCCCC. The van der Waals surface area contributed by atoms with Crippen molar-refractivity contribution < 1.29 is 24.5 Å². The molecule has 0 amide bonds. The summed E-state index contributed by atoms with van der Waals surface area (Å²) >= 11 is 0.104. The van der Waals surface area contributed by atoms with Crippen LogP contribution < -0.4 is 10.2 Å². The first kappa shape index (κ1) is 39.8. The number of carbonyl (C=O) groups excluding carboxylic acids is 2. The molecular weight excluding hydrogens is 583 g/mol. The van der Waals surface area contributed by atoms with E-state index in [0.717, 1.165) is 44.9 Å². The molecule has 0 saturated heterocycles. The summed E-state index contributed by atoms with van der Waals surface area (Å²) < 4.78 is 8.85. The second-order valence-corrected chi connectivity index (χ2v) is 15.1. The van der Waals surface area contributed by atoms with Gasteiger partial charge in [-0.1, -0.05) is 84.5 Å². The fourth-order valence-corrected chi connectivity index (χ4v) is 8.06. The monoisotopic (exact) mass is 646 g/mol. The fraction of sp³-hybridized carbons (Fsp3) is 0.938. The van der Waals surface area contributed by atoms with E-state index < -0.39 is 24.0 Å². The average molecular weight is 646 g/mol. The average Bonchev–Trinajstić information content (AvgIpc) is 2.89. The van der Waals surface area contributed by atoms with Gasteiger partial charge in [0, 0.05) is 19.0 Å². The Kier molecular flexibility index (Phi) is 32.7. The van der Waals surface area contributed by atoms with Gasteiger partial charge in [-0.25, -0.2) is 0 Å². The number of hydrogen-bond donors (Lipinski definition) is 0. The molecule has 0 saturated carbocycles. The molecule has 0 bridgehead atoms. The first-order chi connectivity index (χ1) is 18.4. The second-order valence-electron chi connectivity index (χ2n) is 10.8. The molecule has 0 fully saturated rings. The summed E-state index contributed by atoms with van der Waals surface area (Å²) in [6.07, 6.45) is 23.7. The van der Waals surface area contributed by atoms with Gasteiger partial charge >= 0.3 is 95.2 Å². The van der Waals surface area contributed by atoms with E-state index in [1.807, 2.05) is 0 Å². The van der Waals surface area contributed by atoms with Crippen molar-refractivity contribution >= 4 is 33.1 Å². The Hall–Kier alpha value is -0.301. The van der Waals surface area contributed by atoms with Gasteiger partial charge in [0.2, 0.25) is 0 Å². The Morgan fingerprint density at radius 1 is 0.579 bits per heavy atom. The Morgan fingerprint density at radius 2 is 0.974 bits per heavy atom. The van der Waals surface area contributed by atoms with Crippen molar-refractivity contribution in [3.05, 3.63) is 0 Å². The molecule has 1 unspecified atom stereocenters. The quantitative estimate of drug-likeness (QED) is 0.0653. The molecule has 0 heterocycles. The van der Waals surface area contributed by atoms with Crippen LogP contribution in [0.5, 0.6) is 0 Å². The van der Waals surface area contributed by atoms with Gasteiger partial charge in [0.15, 0.2) is 0 Å². The van der Waals surface area contributed by atoms with Gasteiger partial charge in [-0.3, -0.25) is 0 Å². The van der Waals surface area contributed by atoms with E-state index in [1.165, 1.54) is 64.2 Å². The van der Waals surface area contributed by atoms with Crippen LogP contribution >= 0.6 is 0 Å². The first-order valence-electron chi connectivity index (χ1n) is 16.2. The number of carboxylic acid groups (broad SMARTS) is 2. The van der Waals surface area contributed by atoms with Gasteiger partial charge in [0.25, 0.3) is 0 Å². The van der Waals surface area contributed by atoms with Crippen LogP contribution in [0.1, 0.15) is 169 Å². The van der Waals surface area contributed by atoms with Crippen LogP contribution in [0.3, 0.4) is 0 Å². The maximum absolute atomic E-state index is 11.6. The van der Waals surface area contributed by atoms with Crippen molar-refractivity contribution in [1.29, 1.82) is 0 Å². The van der Waals surface area contributed by atoms with Gasteiger partial charge < -0.3 is 24.5 Å². The van der Waals surface area contributed by atoms with E-state index in [0.29, 0.717) is 6.42 Å². The third kappa shape index (κ3) is 27.3. The summed E-state index contributed by atoms with van der Waals surface area (Å²) in [4.78, 5) is 22.6. The van der Waals surface area contributed by atoms with Crippen LogP contribution in [0.25, 0.3) is 0 Å². The van der Waals surface area contributed by atoms with Gasteiger partial charge in [-0.2, -0.15) is 0 Å². The molecule has 0 spiro atoms. The number of ether oxygens (including phenoxy) is 1. The zero-order valence-electron chi connectivity index (χ0n) is 25.7. The van der Waals surface area contributed by atoms with Crippen LogP contribution in [-0.2, 0) is 14.3 Å². The van der Waals surface area contributed by atoms with Crippen molar-refractivity contribution in [2.24, 2.45) is 0 Å². The molecule has 0 radical (unpaired) electrons. The summed E-state index contributed by atoms with van der Waals surface area (Å²) in [5, 5.41) is 22.6. The molecule has 0 N–H and O–H groups in total. The van der Waals surface area contributed by atoms with Gasteiger partial charge in [-0.15, -0.1) is 0 Å². The van der Waals surface area contributed by atoms with Crippen molar-refractivity contribution in [3.63, 3.8) is 0 Å². The fourth-order valence-electron chi connectivity index (χ4n) is 4.50. The molecule has 0 aromatic heterocycles. The number of carboxylic acids is 2. The van der Waals surface area contributed by atoms with Gasteiger partial charge in [0.05, 0.1) is 5.97 Å². The Labute approximate surface area is 246 Å². The molecule has 224 valence electrons. The molecule has 6 heteroatoms. The molecule has 0 aromatic carbocycles. The Balaban J connectivity index is 0. The molecular formula is C32H62O5Sn. The minimum atomic E-state index is -1.74. The summed E-state index contributed by atoms with van der Waals surface area (Å²) in [5.41, 5.74) is -1.74. The number of carbonyl (C=O) groups is 2. The summed E-state index contributed by atoms with van der Waals surface area (Å²) in [5.74, 6) is -2.84. The maximum atomic E-state index is 11.6. The molecule has 0 aliphatic carbocycles. The van der Waals surface area contributed by atoms with Crippen molar-refractivity contribution in [2.75, 3.05) is 6.61 Å². The zero-order valence-corrected chi connectivity index (χ0v) is 28.6. The molecule has 0 rings (SSSR count). The standard InChI is InChI=1S/C20H38O5.2C6H13.Sn/c1-3-5-7-9-11-13-15-20(19(23)24,17-18(21)22)25-16-14-12-10-8-6-4-2;2*1-3-5-6-4-2;/h3-17H2,1-2H3,(H,21,22)(H,23,24);2*1,3-6H2,2H3;/q;;;+2/p-2. The number of unbranched alkanes of at least 4 members (excludes halogenated alkanes) is 16. The molecule has 0 aliphatic heterocycles. The molecule has 38 heavy (non-hydrogen) atoms. The number of aliphatic carboxylic acids is 2. The Morgan fingerprint density at radius 3 is 1.39 bits per heavy atom. The molecule has 0 aliphatic rings. The van der Waals surface area contributed by atoms with E-state index in [-0.39, 0.29) is 34.2 Å². The van der Waals surface area contributed by atoms with E-state index in [9.17, 15) is 19.8 Å².